The van der Waals surface area contributed by atoms with Gasteiger partial charge in [0.15, 0.2) is 5.78 Å². The van der Waals surface area contributed by atoms with Crippen molar-refractivity contribution in [2.45, 2.75) is 44.6 Å². The zero-order valence-electron chi connectivity index (χ0n) is 17.8. The minimum absolute atomic E-state index is 0.0378. The summed E-state index contributed by atoms with van der Waals surface area (Å²) in [5.41, 5.74) is -0.00981. The van der Waals surface area contributed by atoms with Gasteiger partial charge in [-0.3, -0.25) is 14.4 Å². The molecule has 1 fully saturated rings. The van der Waals surface area contributed by atoms with Crippen LogP contribution in [-0.4, -0.2) is 41.6 Å². The van der Waals surface area contributed by atoms with E-state index in [-0.39, 0.29) is 25.6 Å². The van der Waals surface area contributed by atoms with Gasteiger partial charge >= 0.3 is 11.9 Å². The van der Waals surface area contributed by atoms with Crippen LogP contribution in [0.1, 0.15) is 50.2 Å². The molecule has 0 saturated heterocycles. The van der Waals surface area contributed by atoms with Crippen LogP contribution < -0.4 is 0 Å². The van der Waals surface area contributed by atoms with Crippen molar-refractivity contribution in [2.75, 3.05) is 13.2 Å². The summed E-state index contributed by atoms with van der Waals surface area (Å²) >= 11 is 0. The fourth-order valence-electron chi connectivity index (χ4n) is 3.98. The first-order valence-corrected chi connectivity index (χ1v) is 10.0. The molecule has 0 spiro atoms. The van der Waals surface area contributed by atoms with E-state index >= 15 is 0 Å². The van der Waals surface area contributed by atoms with Gasteiger partial charge in [-0.15, -0.1) is 0 Å². The fraction of sp³-hybridized carbons (Fsp3) is 0.458. The Morgan fingerprint density at radius 3 is 2.17 bits per heavy atom. The van der Waals surface area contributed by atoms with E-state index in [0.717, 1.165) is 5.56 Å². The maximum atomic E-state index is 12.9. The summed E-state index contributed by atoms with van der Waals surface area (Å²) < 4.78 is 10.4. The SMILES string of the molecule is C=CCOC(=O)[C@@H]1C(=O)C[C@](C)(O)[C@H](C(=O)OCC=C)[C@H]1c1ccc(C(C)C)cc1. The summed E-state index contributed by atoms with van der Waals surface area (Å²) in [5, 5.41) is 11.0. The van der Waals surface area contributed by atoms with Crippen molar-refractivity contribution in [1.82, 2.24) is 0 Å². The molecule has 1 saturated carbocycles. The van der Waals surface area contributed by atoms with E-state index in [1.54, 1.807) is 12.1 Å². The molecule has 0 radical (unpaired) electrons. The summed E-state index contributed by atoms with van der Waals surface area (Å²) in [6.45, 7) is 12.5. The quantitative estimate of drug-likeness (QED) is 0.399. The smallest absolute Gasteiger partial charge is 0.317 e. The molecule has 1 aliphatic rings. The molecule has 0 heterocycles. The molecular weight excluding hydrogens is 384 g/mol. The van der Waals surface area contributed by atoms with E-state index in [0.29, 0.717) is 5.56 Å². The van der Waals surface area contributed by atoms with E-state index in [2.05, 4.69) is 27.0 Å². The fourth-order valence-corrected chi connectivity index (χ4v) is 3.98. The molecule has 0 unspecified atom stereocenters. The largest absolute Gasteiger partial charge is 0.461 e. The lowest BCUT2D eigenvalue weighted by Gasteiger charge is -2.43. The van der Waals surface area contributed by atoms with Gasteiger partial charge in [0.2, 0.25) is 0 Å². The Morgan fingerprint density at radius 2 is 1.67 bits per heavy atom. The third kappa shape index (κ3) is 5.05. The van der Waals surface area contributed by atoms with E-state index in [4.69, 9.17) is 9.47 Å². The van der Waals surface area contributed by atoms with E-state index in [1.807, 2.05) is 12.1 Å². The number of aliphatic hydroxyl groups is 1. The van der Waals surface area contributed by atoms with E-state index in [1.165, 1.54) is 19.1 Å². The first kappa shape index (κ1) is 23.5. The molecule has 6 nitrogen and oxygen atoms in total. The third-order valence-electron chi connectivity index (χ3n) is 5.45. The summed E-state index contributed by atoms with van der Waals surface area (Å²) in [6, 6.07) is 7.37. The minimum atomic E-state index is -1.67. The molecule has 4 atom stereocenters. The van der Waals surface area contributed by atoms with Gasteiger partial charge < -0.3 is 14.6 Å². The van der Waals surface area contributed by atoms with Gasteiger partial charge in [0.1, 0.15) is 19.1 Å². The van der Waals surface area contributed by atoms with Crippen LogP contribution in [0.2, 0.25) is 0 Å². The van der Waals surface area contributed by atoms with Crippen molar-refractivity contribution < 1.29 is 29.0 Å². The highest BCUT2D eigenvalue weighted by atomic mass is 16.5. The second-order valence-corrected chi connectivity index (χ2v) is 8.14. The zero-order chi connectivity index (χ0) is 22.5. The monoisotopic (exact) mass is 414 g/mol. The predicted molar refractivity (Wildman–Crippen MR) is 113 cm³/mol. The predicted octanol–water partition coefficient (Wildman–Crippen LogP) is 3.31. The summed E-state index contributed by atoms with van der Waals surface area (Å²) in [4.78, 5) is 38.6. The molecular formula is C24H30O6. The summed E-state index contributed by atoms with van der Waals surface area (Å²) in [6.07, 6.45) is 2.47. The van der Waals surface area contributed by atoms with Crippen molar-refractivity contribution in [1.29, 1.82) is 0 Å². The third-order valence-corrected chi connectivity index (χ3v) is 5.45. The Morgan fingerprint density at radius 1 is 1.13 bits per heavy atom. The van der Waals surface area contributed by atoms with Crippen molar-refractivity contribution in [3.8, 4) is 0 Å². The topological polar surface area (TPSA) is 89.9 Å². The van der Waals surface area contributed by atoms with Crippen LogP contribution in [-0.2, 0) is 23.9 Å². The first-order valence-electron chi connectivity index (χ1n) is 10.0. The number of benzene rings is 1. The lowest BCUT2D eigenvalue weighted by molar-refractivity contribution is -0.171. The van der Waals surface area contributed by atoms with Gasteiger partial charge in [0, 0.05) is 12.3 Å². The number of ketones is 1. The average Bonchev–Trinajstić information content (AvgIpc) is 2.69. The van der Waals surface area contributed by atoms with Gasteiger partial charge in [-0.1, -0.05) is 63.4 Å². The van der Waals surface area contributed by atoms with Crippen LogP contribution in [0.15, 0.2) is 49.6 Å². The van der Waals surface area contributed by atoms with Crippen LogP contribution in [0.5, 0.6) is 0 Å². The highest BCUT2D eigenvalue weighted by Gasteiger charge is 2.57. The van der Waals surface area contributed by atoms with Crippen LogP contribution in [0, 0.1) is 11.8 Å². The van der Waals surface area contributed by atoms with Gasteiger partial charge in [0.05, 0.1) is 11.5 Å². The number of rotatable bonds is 8. The van der Waals surface area contributed by atoms with Gasteiger partial charge in [-0.05, 0) is 24.0 Å². The highest BCUT2D eigenvalue weighted by molar-refractivity contribution is 6.02. The lowest BCUT2D eigenvalue weighted by atomic mass is 9.61. The van der Waals surface area contributed by atoms with Crippen LogP contribution in [0.3, 0.4) is 0 Å². The normalized spacial score (nSPS) is 26.2. The number of carbonyl (C=O) groups is 3. The summed E-state index contributed by atoms with van der Waals surface area (Å²) in [7, 11) is 0. The maximum absolute atomic E-state index is 12.9. The molecule has 1 aliphatic carbocycles. The van der Waals surface area contributed by atoms with Crippen LogP contribution in [0.4, 0.5) is 0 Å². The molecule has 2 rings (SSSR count). The molecule has 6 heteroatoms. The Balaban J connectivity index is 2.57. The van der Waals surface area contributed by atoms with E-state index < -0.39 is 41.1 Å². The molecule has 1 aromatic rings. The number of ether oxygens (including phenoxy) is 2. The maximum Gasteiger partial charge on any atom is 0.317 e. The number of carbonyl (C=O) groups excluding carboxylic acids is 3. The van der Waals surface area contributed by atoms with Crippen LogP contribution >= 0.6 is 0 Å². The molecule has 0 bridgehead atoms. The second kappa shape index (κ2) is 9.85. The average molecular weight is 414 g/mol. The Kier molecular flexibility index (Phi) is 7.73. The molecule has 30 heavy (non-hydrogen) atoms. The zero-order valence-corrected chi connectivity index (χ0v) is 17.8. The van der Waals surface area contributed by atoms with Crippen molar-refractivity contribution in [3.05, 3.63) is 60.7 Å². The number of hydrogen-bond donors (Lipinski definition) is 1. The van der Waals surface area contributed by atoms with Crippen molar-refractivity contribution >= 4 is 17.7 Å². The Hall–Kier alpha value is -2.73. The molecule has 1 N–H and O–H groups in total. The lowest BCUT2D eigenvalue weighted by Crippen LogP contribution is -2.55. The minimum Gasteiger partial charge on any atom is -0.461 e. The number of Topliss-reactive ketones (excluding diaryl/α,β-unsaturated/α-hetero) is 1. The standard InChI is InChI=1S/C24H30O6/c1-6-12-29-22(26)20-18(25)14-24(5,28)21(23(27)30-13-7-2)19(20)17-10-8-16(9-11-17)15(3)4/h6-11,15,19-21,28H,1-2,12-14H2,3-5H3/t19-,20+,21-,24-/m0/s1. The van der Waals surface area contributed by atoms with E-state index in [9.17, 15) is 19.5 Å². The Labute approximate surface area is 177 Å². The molecule has 162 valence electrons. The van der Waals surface area contributed by atoms with Crippen molar-refractivity contribution in [2.24, 2.45) is 11.8 Å². The second-order valence-electron chi connectivity index (χ2n) is 8.14. The molecule has 0 amide bonds. The first-order chi connectivity index (χ1) is 14.1. The van der Waals surface area contributed by atoms with Crippen molar-refractivity contribution in [3.63, 3.8) is 0 Å². The highest BCUT2D eigenvalue weighted by Crippen LogP contribution is 2.46. The number of hydrogen-bond acceptors (Lipinski definition) is 6. The van der Waals surface area contributed by atoms with Gasteiger partial charge in [0.25, 0.3) is 0 Å². The van der Waals surface area contributed by atoms with Gasteiger partial charge in [-0.25, -0.2) is 0 Å². The summed E-state index contributed by atoms with van der Waals surface area (Å²) in [5.74, 6) is -4.88. The molecule has 1 aromatic carbocycles. The Bertz CT molecular complexity index is 805. The molecule has 0 aromatic heterocycles. The van der Waals surface area contributed by atoms with Crippen LogP contribution in [0.25, 0.3) is 0 Å². The van der Waals surface area contributed by atoms with Gasteiger partial charge in [-0.2, -0.15) is 0 Å². The number of esters is 2. The molecule has 0 aliphatic heterocycles.